The lowest BCUT2D eigenvalue weighted by Crippen LogP contribution is -2.17. The van der Waals surface area contributed by atoms with Crippen LogP contribution in [0.5, 0.6) is 0 Å². The molecule has 0 aliphatic carbocycles. The summed E-state index contributed by atoms with van der Waals surface area (Å²) in [6.07, 6.45) is 6.89. The van der Waals surface area contributed by atoms with Gasteiger partial charge in [0.05, 0.1) is 18.3 Å². The molecule has 0 atom stereocenters. The first kappa shape index (κ1) is 19.8. The molecular formula is C23H21N5OS. The van der Waals surface area contributed by atoms with Crippen LogP contribution in [0.4, 0.5) is 5.82 Å². The van der Waals surface area contributed by atoms with Crippen molar-refractivity contribution in [3.63, 3.8) is 0 Å². The number of benzene rings is 1. The third kappa shape index (κ3) is 4.58. The summed E-state index contributed by atoms with van der Waals surface area (Å²) in [5.74, 6) is 0.402. The van der Waals surface area contributed by atoms with Crippen molar-refractivity contribution in [2.45, 2.75) is 30.3 Å². The van der Waals surface area contributed by atoms with Crippen molar-refractivity contribution in [2.24, 2.45) is 0 Å². The van der Waals surface area contributed by atoms with Gasteiger partial charge in [0.1, 0.15) is 10.8 Å². The molecule has 0 radical (unpaired) electrons. The second kappa shape index (κ2) is 8.92. The third-order valence-electron chi connectivity index (χ3n) is 4.58. The first-order chi connectivity index (χ1) is 14.6. The highest BCUT2D eigenvalue weighted by molar-refractivity contribution is 7.99. The van der Waals surface area contributed by atoms with Gasteiger partial charge in [0.2, 0.25) is 0 Å². The summed E-state index contributed by atoms with van der Waals surface area (Å²) < 4.78 is 1.74. The molecule has 0 aliphatic rings. The number of pyridine rings is 2. The molecule has 4 rings (SSSR count). The average Bonchev–Trinajstić information content (AvgIpc) is 3.18. The highest BCUT2D eigenvalue weighted by Crippen LogP contribution is 2.32. The zero-order valence-electron chi connectivity index (χ0n) is 16.7. The molecule has 0 spiro atoms. The number of rotatable bonds is 6. The van der Waals surface area contributed by atoms with E-state index in [0.29, 0.717) is 23.0 Å². The fourth-order valence-electron chi connectivity index (χ4n) is 2.98. The van der Waals surface area contributed by atoms with Crippen LogP contribution in [0.2, 0.25) is 0 Å². The minimum Gasteiger partial charge on any atom is -0.307 e. The van der Waals surface area contributed by atoms with Crippen LogP contribution >= 0.6 is 11.8 Å². The van der Waals surface area contributed by atoms with Crippen molar-refractivity contribution in [3.05, 3.63) is 95.6 Å². The van der Waals surface area contributed by atoms with E-state index in [9.17, 15) is 4.79 Å². The van der Waals surface area contributed by atoms with Crippen LogP contribution in [0.1, 0.15) is 27.0 Å². The summed E-state index contributed by atoms with van der Waals surface area (Å²) in [5, 5.41) is 7.96. The van der Waals surface area contributed by atoms with Gasteiger partial charge in [0, 0.05) is 29.6 Å². The Kier molecular flexibility index (Phi) is 5.90. The number of aromatic nitrogens is 4. The molecule has 1 amide bonds. The van der Waals surface area contributed by atoms with Crippen LogP contribution in [-0.2, 0) is 6.54 Å². The molecule has 30 heavy (non-hydrogen) atoms. The van der Waals surface area contributed by atoms with Crippen LogP contribution in [0, 0.1) is 13.8 Å². The van der Waals surface area contributed by atoms with Crippen molar-refractivity contribution in [1.82, 2.24) is 19.7 Å². The summed E-state index contributed by atoms with van der Waals surface area (Å²) in [6.45, 7) is 4.63. The number of nitrogens with zero attached hydrogens (tertiary/aromatic N) is 4. The van der Waals surface area contributed by atoms with E-state index in [2.05, 4.69) is 52.4 Å². The molecule has 1 aromatic carbocycles. The Morgan fingerprint density at radius 2 is 1.93 bits per heavy atom. The van der Waals surface area contributed by atoms with Crippen molar-refractivity contribution >= 4 is 23.5 Å². The van der Waals surface area contributed by atoms with E-state index in [1.165, 1.54) is 17.3 Å². The van der Waals surface area contributed by atoms with Gasteiger partial charge < -0.3 is 5.32 Å². The summed E-state index contributed by atoms with van der Waals surface area (Å²) in [7, 11) is 0. The molecule has 0 aliphatic heterocycles. The van der Waals surface area contributed by atoms with Crippen molar-refractivity contribution < 1.29 is 4.79 Å². The second-order valence-electron chi connectivity index (χ2n) is 6.92. The van der Waals surface area contributed by atoms with Crippen LogP contribution in [0.3, 0.4) is 0 Å². The zero-order valence-corrected chi connectivity index (χ0v) is 17.6. The smallest absolute Gasteiger partial charge is 0.259 e. The number of amides is 1. The molecule has 4 aromatic rings. The van der Waals surface area contributed by atoms with Gasteiger partial charge in [-0.25, -0.2) is 9.67 Å². The molecule has 0 fully saturated rings. The first-order valence-electron chi connectivity index (χ1n) is 9.52. The highest BCUT2D eigenvalue weighted by atomic mass is 32.2. The monoisotopic (exact) mass is 415 g/mol. The normalized spacial score (nSPS) is 10.7. The lowest BCUT2D eigenvalue weighted by Gasteiger charge is -2.12. The quantitative estimate of drug-likeness (QED) is 0.492. The standard InChI is InChI=1S/C23H21N5OS/c1-16-7-8-17(2)20(13-16)30-23-19(6-4-11-25-23)22(29)27-21-9-12-26-28(21)15-18-5-3-10-24-14-18/h3-14H,15H2,1-2H3,(H,27,29). The summed E-state index contributed by atoms with van der Waals surface area (Å²) in [4.78, 5) is 22.7. The first-order valence-corrected chi connectivity index (χ1v) is 10.3. The van der Waals surface area contributed by atoms with Gasteiger partial charge in [-0.3, -0.25) is 9.78 Å². The van der Waals surface area contributed by atoms with E-state index in [1.807, 2.05) is 12.1 Å². The molecule has 6 nitrogen and oxygen atoms in total. The predicted molar refractivity (Wildman–Crippen MR) is 118 cm³/mol. The summed E-state index contributed by atoms with van der Waals surface area (Å²) >= 11 is 1.50. The maximum atomic E-state index is 13.1. The maximum Gasteiger partial charge on any atom is 0.259 e. The third-order valence-corrected chi connectivity index (χ3v) is 5.76. The van der Waals surface area contributed by atoms with Gasteiger partial charge in [0.15, 0.2) is 0 Å². The average molecular weight is 416 g/mol. The molecule has 0 unspecified atom stereocenters. The van der Waals surface area contributed by atoms with Gasteiger partial charge in [-0.05, 0) is 54.8 Å². The fraction of sp³-hybridized carbons (Fsp3) is 0.130. The van der Waals surface area contributed by atoms with Gasteiger partial charge in [0.25, 0.3) is 5.91 Å². The molecule has 0 bridgehead atoms. The number of hydrogen-bond donors (Lipinski definition) is 1. The molecule has 150 valence electrons. The Hall–Kier alpha value is -3.45. The van der Waals surface area contributed by atoms with Crippen molar-refractivity contribution in [3.8, 4) is 0 Å². The van der Waals surface area contributed by atoms with E-state index < -0.39 is 0 Å². The van der Waals surface area contributed by atoms with E-state index in [-0.39, 0.29) is 5.91 Å². The maximum absolute atomic E-state index is 13.1. The van der Waals surface area contributed by atoms with Crippen LogP contribution < -0.4 is 5.32 Å². The van der Waals surface area contributed by atoms with E-state index >= 15 is 0 Å². The fourth-order valence-corrected chi connectivity index (χ4v) is 4.05. The zero-order chi connectivity index (χ0) is 20.9. The summed E-state index contributed by atoms with van der Waals surface area (Å²) in [5.41, 5.74) is 3.85. The second-order valence-corrected chi connectivity index (χ2v) is 7.95. The van der Waals surface area contributed by atoms with E-state index in [0.717, 1.165) is 16.0 Å². The number of hydrogen-bond acceptors (Lipinski definition) is 5. The SMILES string of the molecule is Cc1ccc(C)c(Sc2ncccc2C(=O)Nc2ccnn2Cc2cccnc2)c1. The van der Waals surface area contributed by atoms with Gasteiger partial charge in [-0.1, -0.05) is 30.0 Å². The van der Waals surface area contributed by atoms with Crippen molar-refractivity contribution in [1.29, 1.82) is 0 Å². The Labute approximate surface area is 179 Å². The number of nitrogens with one attached hydrogen (secondary N) is 1. The van der Waals surface area contributed by atoms with Crippen molar-refractivity contribution in [2.75, 3.05) is 5.32 Å². The molecule has 3 aromatic heterocycles. The Morgan fingerprint density at radius 1 is 1.07 bits per heavy atom. The van der Waals surface area contributed by atoms with Gasteiger partial charge in [-0.2, -0.15) is 5.10 Å². The molecule has 3 heterocycles. The lowest BCUT2D eigenvalue weighted by molar-refractivity contribution is 0.102. The van der Waals surface area contributed by atoms with Crippen LogP contribution in [0.15, 0.2) is 83.2 Å². The van der Waals surface area contributed by atoms with Gasteiger partial charge in [-0.15, -0.1) is 0 Å². The molecule has 0 saturated carbocycles. The number of carbonyl (C=O) groups is 1. The minimum absolute atomic E-state index is 0.219. The van der Waals surface area contributed by atoms with E-state index in [1.54, 1.807) is 47.7 Å². The van der Waals surface area contributed by atoms with Gasteiger partial charge >= 0.3 is 0 Å². The summed E-state index contributed by atoms with van der Waals surface area (Å²) in [6, 6.07) is 15.5. The predicted octanol–water partition coefficient (Wildman–Crippen LogP) is 4.74. The Balaban J connectivity index is 1.55. The Morgan fingerprint density at radius 3 is 2.77 bits per heavy atom. The molecule has 0 saturated heterocycles. The number of anilines is 1. The largest absolute Gasteiger partial charge is 0.307 e. The lowest BCUT2D eigenvalue weighted by atomic mass is 10.2. The highest BCUT2D eigenvalue weighted by Gasteiger charge is 2.16. The molecule has 7 heteroatoms. The topological polar surface area (TPSA) is 72.7 Å². The molecule has 1 N–H and O–H groups in total. The van der Waals surface area contributed by atoms with E-state index in [4.69, 9.17) is 0 Å². The van der Waals surface area contributed by atoms with Crippen LogP contribution in [-0.4, -0.2) is 25.7 Å². The minimum atomic E-state index is -0.219. The molecular weight excluding hydrogens is 394 g/mol. The number of carbonyl (C=O) groups excluding carboxylic acids is 1. The number of aryl methyl sites for hydroxylation is 2. The Bertz CT molecular complexity index is 1170. The van der Waals surface area contributed by atoms with Crippen LogP contribution in [0.25, 0.3) is 0 Å².